The third-order valence-corrected chi connectivity index (χ3v) is 10.7. The van der Waals surface area contributed by atoms with Gasteiger partial charge in [-0.2, -0.15) is 0 Å². The van der Waals surface area contributed by atoms with Gasteiger partial charge in [0.25, 0.3) is 0 Å². The monoisotopic (exact) mass is 396 g/mol. The molecule has 0 fully saturated rings. The maximum Gasteiger partial charge on any atom is 0.323 e. The van der Waals surface area contributed by atoms with Gasteiger partial charge in [0.2, 0.25) is 5.76 Å². The van der Waals surface area contributed by atoms with Crippen LogP contribution in [0.4, 0.5) is 0 Å². The lowest BCUT2D eigenvalue weighted by molar-refractivity contribution is 0.0720. The van der Waals surface area contributed by atoms with Crippen molar-refractivity contribution in [2.24, 2.45) is 0 Å². The van der Waals surface area contributed by atoms with E-state index >= 15 is 0 Å². The van der Waals surface area contributed by atoms with Crippen molar-refractivity contribution >= 4 is 24.4 Å². The van der Waals surface area contributed by atoms with Gasteiger partial charge < -0.3 is 14.2 Å². The van der Waals surface area contributed by atoms with Crippen LogP contribution in [0.25, 0.3) is 0 Å². The zero-order chi connectivity index (χ0) is 20.8. The minimum atomic E-state index is -2.91. The number of benzene rings is 2. The van der Waals surface area contributed by atoms with Crippen LogP contribution >= 0.6 is 0 Å². The van der Waals surface area contributed by atoms with Crippen molar-refractivity contribution in [1.82, 2.24) is 0 Å². The Morgan fingerprint density at radius 1 is 0.786 bits per heavy atom. The fourth-order valence-corrected chi connectivity index (χ4v) is 9.40. The summed E-state index contributed by atoms with van der Waals surface area (Å²) >= 11 is 0. The lowest BCUT2D eigenvalue weighted by Gasteiger charge is -2.44. The van der Waals surface area contributed by atoms with Gasteiger partial charge in [0.1, 0.15) is 5.94 Å². The van der Waals surface area contributed by atoms with Crippen LogP contribution in [0.5, 0.6) is 0 Å². The highest BCUT2D eigenvalue weighted by atomic mass is 28.3. The van der Waals surface area contributed by atoms with E-state index in [9.17, 15) is 4.79 Å². The minimum Gasteiger partial charge on any atom is -0.490 e. The highest BCUT2D eigenvalue weighted by Gasteiger charge is 2.54. The number of rotatable bonds is 7. The molecular formula is C23H28O4Si. The van der Waals surface area contributed by atoms with E-state index in [4.69, 9.17) is 14.2 Å². The summed E-state index contributed by atoms with van der Waals surface area (Å²) in [5, 5.41) is 2.36. The second kappa shape index (κ2) is 8.96. The topological polar surface area (TPSA) is 44.8 Å². The van der Waals surface area contributed by atoms with Crippen molar-refractivity contribution in [3.05, 3.63) is 77.6 Å². The molecule has 0 aliphatic rings. The molecule has 28 heavy (non-hydrogen) atoms. The van der Waals surface area contributed by atoms with Crippen LogP contribution in [0.1, 0.15) is 20.8 Å². The van der Waals surface area contributed by atoms with E-state index in [2.05, 4.69) is 51.0 Å². The van der Waals surface area contributed by atoms with Crippen LogP contribution in [0.3, 0.4) is 0 Å². The van der Waals surface area contributed by atoms with Gasteiger partial charge in [-0.15, -0.1) is 0 Å². The first-order chi connectivity index (χ1) is 13.4. The van der Waals surface area contributed by atoms with Crippen molar-refractivity contribution in [2.75, 3.05) is 21.3 Å². The average Bonchev–Trinajstić information content (AvgIpc) is 2.71. The van der Waals surface area contributed by atoms with E-state index in [-0.39, 0.29) is 16.7 Å². The summed E-state index contributed by atoms with van der Waals surface area (Å²) in [5.74, 6) is 2.68. The van der Waals surface area contributed by atoms with Gasteiger partial charge in [-0.1, -0.05) is 81.4 Å². The summed E-state index contributed by atoms with van der Waals surface area (Å²) in [5.41, 5.74) is 0. The van der Waals surface area contributed by atoms with Crippen molar-refractivity contribution in [3.63, 3.8) is 0 Å². The number of hydrogen-bond acceptors (Lipinski definition) is 4. The van der Waals surface area contributed by atoms with E-state index < -0.39 is 8.07 Å². The molecule has 4 nitrogen and oxygen atoms in total. The Kier molecular flexibility index (Phi) is 6.89. The van der Waals surface area contributed by atoms with Crippen molar-refractivity contribution < 1.29 is 19.0 Å². The molecule has 0 aliphatic carbocycles. The van der Waals surface area contributed by atoms with Crippen LogP contribution in [0, 0.1) is 0 Å². The molecule has 5 heteroatoms. The maximum atomic E-state index is 12.5. The lowest BCUT2D eigenvalue weighted by Crippen LogP contribution is -2.66. The third-order valence-electron chi connectivity index (χ3n) is 5.00. The quantitative estimate of drug-likeness (QED) is 0.311. The molecule has 2 aromatic rings. The highest BCUT2D eigenvalue weighted by Crippen LogP contribution is 2.42. The number of allylic oxidation sites excluding steroid dienone is 1. The van der Waals surface area contributed by atoms with Crippen molar-refractivity contribution in [1.29, 1.82) is 0 Å². The average molecular weight is 397 g/mol. The van der Waals surface area contributed by atoms with Crippen molar-refractivity contribution in [3.8, 4) is 0 Å². The highest BCUT2D eigenvalue weighted by molar-refractivity contribution is 7.10. The molecule has 0 amide bonds. The van der Waals surface area contributed by atoms with Crippen LogP contribution < -0.4 is 10.4 Å². The maximum absolute atomic E-state index is 12.5. The number of ether oxygens (including phenoxy) is 3. The summed E-state index contributed by atoms with van der Waals surface area (Å²) in [6.45, 7) is 6.47. The Labute approximate surface area is 168 Å². The minimum absolute atomic E-state index is 0.161. The van der Waals surface area contributed by atoms with Gasteiger partial charge in [0.15, 0.2) is 8.07 Å². The number of hydrogen-bond donors (Lipinski definition) is 0. The summed E-state index contributed by atoms with van der Waals surface area (Å²) in [6.07, 6.45) is 0. The molecule has 0 bridgehead atoms. The molecule has 0 saturated heterocycles. The Morgan fingerprint density at radius 3 is 1.50 bits per heavy atom. The molecule has 148 valence electrons. The second-order valence-electron chi connectivity index (χ2n) is 7.44. The van der Waals surface area contributed by atoms with Crippen LogP contribution in [0.2, 0.25) is 5.04 Å². The number of methoxy groups -OCH3 is 3. The molecule has 0 aliphatic heterocycles. The predicted octanol–water partition coefficient (Wildman–Crippen LogP) is 3.46. The summed E-state index contributed by atoms with van der Waals surface area (Å²) < 4.78 is 16.4. The molecule has 0 unspecified atom stereocenters. The second-order valence-corrected chi connectivity index (χ2v) is 12.1. The molecule has 2 aromatic carbocycles. The fourth-order valence-electron chi connectivity index (χ4n) is 3.92. The molecule has 2 rings (SSSR count). The van der Waals surface area contributed by atoms with Crippen LogP contribution in [-0.2, 0) is 19.0 Å². The van der Waals surface area contributed by atoms with E-state index in [0.29, 0.717) is 5.20 Å². The standard InChI is InChI=1S/C23H28O4Si/c1-23(2,3)28(18-13-9-7-10-14-18,19-15-11-8-12-16-19)20(17-24)21(25-4)22(26-5)27-6/h7-16H,1-6H3. The molecule has 0 radical (unpaired) electrons. The normalized spacial score (nSPS) is 11.2. The zero-order valence-electron chi connectivity index (χ0n) is 17.4. The Balaban J connectivity index is 3.04. The smallest absolute Gasteiger partial charge is 0.323 e. The van der Waals surface area contributed by atoms with Crippen LogP contribution in [-0.4, -0.2) is 35.3 Å². The van der Waals surface area contributed by atoms with Crippen LogP contribution in [0.15, 0.2) is 77.6 Å². The first-order valence-electron chi connectivity index (χ1n) is 9.11. The summed E-state index contributed by atoms with van der Waals surface area (Å²) in [4.78, 5) is 12.5. The van der Waals surface area contributed by atoms with Gasteiger partial charge in [-0.25, -0.2) is 4.79 Å². The zero-order valence-corrected chi connectivity index (χ0v) is 18.4. The van der Waals surface area contributed by atoms with E-state index in [1.807, 2.05) is 36.4 Å². The largest absolute Gasteiger partial charge is 0.490 e. The van der Waals surface area contributed by atoms with Crippen molar-refractivity contribution in [2.45, 2.75) is 25.8 Å². The third kappa shape index (κ3) is 3.64. The Morgan fingerprint density at radius 2 is 1.21 bits per heavy atom. The predicted molar refractivity (Wildman–Crippen MR) is 115 cm³/mol. The summed E-state index contributed by atoms with van der Waals surface area (Å²) in [7, 11) is 1.59. The molecule has 0 atom stereocenters. The van der Waals surface area contributed by atoms with Gasteiger partial charge in [0, 0.05) is 0 Å². The molecule has 0 saturated carbocycles. The first kappa shape index (κ1) is 21.5. The van der Waals surface area contributed by atoms with E-state index in [0.717, 1.165) is 10.4 Å². The molecule has 0 aromatic heterocycles. The van der Waals surface area contributed by atoms with E-state index in [1.54, 1.807) is 0 Å². The van der Waals surface area contributed by atoms with Gasteiger partial charge in [-0.05, 0) is 15.4 Å². The molecule has 0 heterocycles. The molecule has 0 spiro atoms. The fraction of sp³-hybridized carbons (Fsp3) is 0.304. The lowest BCUT2D eigenvalue weighted by atomic mass is 10.2. The Hall–Kier alpha value is -2.75. The molecule has 0 N–H and O–H groups in total. The SMILES string of the molecule is COC(OC)=C(OC)C(=C=O)[Si](c1ccccc1)(c1ccccc1)C(C)(C)C. The van der Waals surface area contributed by atoms with E-state index in [1.165, 1.54) is 21.3 Å². The first-order valence-corrected chi connectivity index (χ1v) is 11.1. The summed E-state index contributed by atoms with van der Waals surface area (Å²) in [6, 6.07) is 20.3. The van der Waals surface area contributed by atoms with Gasteiger partial charge in [0.05, 0.1) is 26.5 Å². The van der Waals surface area contributed by atoms with Gasteiger partial charge in [-0.3, -0.25) is 0 Å². The number of carbonyl (C=O) groups excluding carboxylic acids is 1. The molecular weight excluding hydrogens is 368 g/mol. The Bertz CT molecular complexity index is 815. The van der Waals surface area contributed by atoms with Gasteiger partial charge >= 0.3 is 5.95 Å².